The molecule has 1 aliphatic rings. The molecule has 0 spiro atoms. The summed E-state index contributed by atoms with van der Waals surface area (Å²) in [7, 11) is 0. The maximum atomic E-state index is 4.50. The largest absolute Gasteiger partial charge is 0.339 e. The molecule has 1 atom stereocenters. The van der Waals surface area contributed by atoms with Crippen LogP contribution in [0.3, 0.4) is 0 Å². The number of hydrogen-bond donors (Lipinski definition) is 2. The fourth-order valence-electron chi connectivity index (χ4n) is 2.73. The molecule has 1 aromatic carbocycles. The van der Waals surface area contributed by atoms with Crippen molar-refractivity contribution in [3.05, 3.63) is 66.0 Å². The van der Waals surface area contributed by atoms with Gasteiger partial charge in [0.15, 0.2) is 0 Å². The maximum absolute atomic E-state index is 4.50. The Kier molecular flexibility index (Phi) is 2.97. The number of benzene rings is 1. The minimum atomic E-state index is 0.213. The van der Waals surface area contributed by atoms with E-state index in [9.17, 15) is 0 Å². The highest BCUT2D eigenvalue weighted by Crippen LogP contribution is 2.25. The molecule has 0 saturated carbocycles. The van der Waals surface area contributed by atoms with Crippen molar-refractivity contribution in [2.75, 3.05) is 0 Å². The van der Waals surface area contributed by atoms with Crippen molar-refractivity contribution >= 4 is 0 Å². The van der Waals surface area contributed by atoms with Crippen LogP contribution in [0.25, 0.3) is 11.4 Å². The van der Waals surface area contributed by atoms with Gasteiger partial charge in [-0.3, -0.25) is 9.97 Å². The van der Waals surface area contributed by atoms with E-state index in [1.807, 2.05) is 6.20 Å². The van der Waals surface area contributed by atoms with Crippen molar-refractivity contribution in [3.8, 4) is 11.4 Å². The van der Waals surface area contributed by atoms with Gasteiger partial charge in [0.2, 0.25) is 0 Å². The second kappa shape index (κ2) is 5.10. The van der Waals surface area contributed by atoms with E-state index >= 15 is 0 Å². The van der Waals surface area contributed by atoms with Crippen LogP contribution in [0.4, 0.5) is 0 Å². The number of nitrogens with zero attached hydrogens (tertiary/aromatic N) is 3. The summed E-state index contributed by atoms with van der Waals surface area (Å²) in [6.45, 7) is 0.877. The van der Waals surface area contributed by atoms with E-state index in [1.165, 1.54) is 11.1 Å². The van der Waals surface area contributed by atoms with E-state index in [-0.39, 0.29) is 6.04 Å². The molecule has 21 heavy (non-hydrogen) atoms. The molecular weight excluding hydrogens is 262 g/mol. The number of imidazole rings is 1. The van der Waals surface area contributed by atoms with Crippen molar-refractivity contribution in [2.45, 2.75) is 19.0 Å². The van der Waals surface area contributed by atoms with Gasteiger partial charge < -0.3 is 10.3 Å². The molecule has 2 aromatic heterocycles. The smallest absolute Gasteiger partial charge is 0.124 e. The fourth-order valence-corrected chi connectivity index (χ4v) is 2.73. The molecule has 0 aliphatic carbocycles. The molecule has 104 valence electrons. The Morgan fingerprint density at radius 1 is 1.00 bits per heavy atom. The van der Waals surface area contributed by atoms with Gasteiger partial charge in [-0.25, -0.2) is 4.98 Å². The lowest BCUT2D eigenvalue weighted by Crippen LogP contribution is -2.29. The van der Waals surface area contributed by atoms with E-state index in [1.54, 1.807) is 18.6 Å². The average molecular weight is 277 g/mol. The molecule has 5 nitrogen and oxygen atoms in total. The van der Waals surface area contributed by atoms with Gasteiger partial charge in [-0.05, 0) is 17.5 Å². The Hall–Kier alpha value is -2.53. The van der Waals surface area contributed by atoms with Crippen LogP contribution < -0.4 is 5.32 Å². The Bertz CT molecular complexity index is 750. The Balaban J connectivity index is 1.60. The predicted octanol–water partition coefficient (Wildman–Crippen LogP) is 2.25. The molecule has 2 N–H and O–H groups in total. The molecule has 0 fully saturated rings. The summed E-state index contributed by atoms with van der Waals surface area (Å²) < 4.78 is 0. The van der Waals surface area contributed by atoms with Gasteiger partial charge in [0, 0.05) is 18.9 Å². The Morgan fingerprint density at radius 3 is 2.76 bits per heavy atom. The van der Waals surface area contributed by atoms with Crippen molar-refractivity contribution in [1.29, 1.82) is 0 Å². The normalized spacial score (nSPS) is 17.4. The second-order valence-corrected chi connectivity index (χ2v) is 5.18. The topological polar surface area (TPSA) is 66.5 Å². The monoisotopic (exact) mass is 277 g/mol. The third kappa shape index (κ3) is 2.32. The van der Waals surface area contributed by atoms with Gasteiger partial charge in [0.05, 0.1) is 24.1 Å². The van der Waals surface area contributed by atoms with Crippen LogP contribution in [0.2, 0.25) is 0 Å². The number of aromatic amines is 1. The van der Waals surface area contributed by atoms with Gasteiger partial charge in [-0.15, -0.1) is 0 Å². The number of hydrogen-bond acceptors (Lipinski definition) is 4. The fraction of sp³-hybridized carbons (Fsp3) is 0.188. The molecule has 1 unspecified atom stereocenters. The highest BCUT2D eigenvalue weighted by atomic mass is 15.0. The summed E-state index contributed by atoms with van der Waals surface area (Å²) in [6.07, 6.45) is 7.86. The zero-order chi connectivity index (χ0) is 14.1. The van der Waals surface area contributed by atoms with Crippen LogP contribution in [0.5, 0.6) is 0 Å². The lowest BCUT2D eigenvalue weighted by atomic mass is 9.96. The molecule has 0 bridgehead atoms. The first kappa shape index (κ1) is 12.2. The molecule has 0 saturated heterocycles. The van der Waals surface area contributed by atoms with Gasteiger partial charge in [0.25, 0.3) is 0 Å². The molecular formula is C16H15N5. The summed E-state index contributed by atoms with van der Waals surface area (Å²) in [6, 6.07) is 8.75. The number of H-pyrrole nitrogens is 1. The summed E-state index contributed by atoms with van der Waals surface area (Å²) in [5.74, 6) is 0.949. The molecule has 3 heterocycles. The minimum Gasteiger partial charge on any atom is -0.339 e. The highest BCUT2D eigenvalue weighted by Gasteiger charge is 2.21. The van der Waals surface area contributed by atoms with E-state index in [2.05, 4.69) is 49.5 Å². The SMILES string of the molecule is c1ccc2c(c1)CNC(c1ncc(-c3cnccn3)[nH]1)C2. The van der Waals surface area contributed by atoms with E-state index < -0.39 is 0 Å². The van der Waals surface area contributed by atoms with Crippen molar-refractivity contribution in [2.24, 2.45) is 0 Å². The highest BCUT2D eigenvalue weighted by molar-refractivity contribution is 5.51. The van der Waals surface area contributed by atoms with Crippen LogP contribution in [0.1, 0.15) is 23.0 Å². The van der Waals surface area contributed by atoms with Crippen molar-refractivity contribution < 1.29 is 0 Å². The van der Waals surface area contributed by atoms with Gasteiger partial charge >= 0.3 is 0 Å². The Labute approximate surface area is 122 Å². The van der Waals surface area contributed by atoms with Crippen molar-refractivity contribution in [3.63, 3.8) is 0 Å². The number of aromatic nitrogens is 4. The Morgan fingerprint density at radius 2 is 1.90 bits per heavy atom. The van der Waals surface area contributed by atoms with Gasteiger partial charge in [-0.2, -0.15) is 0 Å². The minimum absolute atomic E-state index is 0.213. The van der Waals surface area contributed by atoms with Gasteiger partial charge in [-0.1, -0.05) is 24.3 Å². The van der Waals surface area contributed by atoms with E-state index in [4.69, 9.17) is 0 Å². The molecule has 0 radical (unpaired) electrons. The summed E-state index contributed by atoms with van der Waals surface area (Å²) in [5.41, 5.74) is 4.47. The van der Waals surface area contributed by atoms with Crippen molar-refractivity contribution in [1.82, 2.24) is 25.3 Å². The molecule has 3 aromatic rings. The first-order valence-corrected chi connectivity index (χ1v) is 7.01. The quantitative estimate of drug-likeness (QED) is 0.754. The number of fused-ring (bicyclic) bond motifs is 1. The molecule has 5 heteroatoms. The zero-order valence-corrected chi connectivity index (χ0v) is 11.5. The number of rotatable bonds is 2. The third-order valence-electron chi connectivity index (χ3n) is 3.85. The lowest BCUT2D eigenvalue weighted by Gasteiger charge is -2.24. The summed E-state index contributed by atoms with van der Waals surface area (Å²) >= 11 is 0. The van der Waals surface area contributed by atoms with E-state index in [0.717, 1.165) is 30.2 Å². The molecule has 4 rings (SSSR count). The van der Waals surface area contributed by atoms with Crippen LogP contribution >= 0.6 is 0 Å². The predicted molar refractivity (Wildman–Crippen MR) is 79.3 cm³/mol. The first-order chi connectivity index (χ1) is 10.4. The van der Waals surface area contributed by atoms with Crippen LogP contribution in [-0.2, 0) is 13.0 Å². The number of nitrogens with one attached hydrogen (secondary N) is 2. The molecule has 0 amide bonds. The lowest BCUT2D eigenvalue weighted by molar-refractivity contribution is 0.480. The van der Waals surface area contributed by atoms with Crippen LogP contribution in [0.15, 0.2) is 49.1 Å². The zero-order valence-electron chi connectivity index (χ0n) is 11.5. The second-order valence-electron chi connectivity index (χ2n) is 5.18. The van der Waals surface area contributed by atoms with Crippen LogP contribution in [-0.4, -0.2) is 19.9 Å². The van der Waals surface area contributed by atoms with Gasteiger partial charge in [0.1, 0.15) is 11.5 Å². The molecule has 1 aliphatic heterocycles. The van der Waals surface area contributed by atoms with E-state index in [0.29, 0.717) is 0 Å². The summed E-state index contributed by atoms with van der Waals surface area (Å²) in [5, 5.41) is 3.53. The first-order valence-electron chi connectivity index (χ1n) is 7.01. The standard InChI is InChI=1S/C16H15N5/c1-2-4-12-8-19-13(7-11(12)3-1)16-20-10-15(21-16)14-9-17-5-6-18-14/h1-6,9-10,13,19H,7-8H2,(H,20,21). The van der Waals surface area contributed by atoms with Crippen LogP contribution in [0, 0.1) is 0 Å². The maximum Gasteiger partial charge on any atom is 0.124 e. The third-order valence-corrected chi connectivity index (χ3v) is 3.85. The average Bonchev–Trinajstić information content (AvgIpc) is 3.05. The summed E-state index contributed by atoms with van der Waals surface area (Å²) in [4.78, 5) is 16.2.